The first-order chi connectivity index (χ1) is 7.16. The van der Waals surface area contributed by atoms with Gasteiger partial charge in [0.05, 0.1) is 5.60 Å². The fourth-order valence-electron chi connectivity index (χ4n) is 1.94. The highest BCUT2D eigenvalue weighted by Gasteiger charge is 2.31. The number of methoxy groups -OCH3 is 1. The molecule has 1 fully saturated rings. The maximum atomic E-state index is 11.3. The van der Waals surface area contributed by atoms with Crippen LogP contribution in [0.2, 0.25) is 0 Å². The molecular weight excluding hydrogens is 194 g/mol. The lowest BCUT2D eigenvalue weighted by atomic mass is 10.0. The van der Waals surface area contributed by atoms with Gasteiger partial charge in [0, 0.05) is 26.7 Å². The smallest absolute Gasteiger partial charge is 0.220 e. The molecule has 0 unspecified atom stereocenters. The highest BCUT2D eigenvalue weighted by atomic mass is 16.5. The summed E-state index contributed by atoms with van der Waals surface area (Å²) in [5.41, 5.74) is -0.642. The number of nitrogens with one attached hydrogen (secondary N) is 1. The maximum absolute atomic E-state index is 11.3. The molecule has 4 heteroatoms. The van der Waals surface area contributed by atoms with E-state index < -0.39 is 5.60 Å². The molecule has 0 spiro atoms. The second-order valence-electron chi connectivity index (χ2n) is 4.30. The molecule has 1 aliphatic rings. The Morgan fingerprint density at radius 1 is 1.47 bits per heavy atom. The molecule has 0 atom stereocenters. The van der Waals surface area contributed by atoms with E-state index in [4.69, 9.17) is 4.74 Å². The lowest BCUT2D eigenvalue weighted by molar-refractivity contribution is -0.122. The van der Waals surface area contributed by atoms with Crippen LogP contribution in [0.4, 0.5) is 0 Å². The molecule has 2 N–H and O–H groups in total. The Morgan fingerprint density at radius 3 is 2.73 bits per heavy atom. The van der Waals surface area contributed by atoms with Gasteiger partial charge in [-0.05, 0) is 19.3 Å². The topological polar surface area (TPSA) is 58.6 Å². The number of aliphatic hydroxyl groups is 1. The average Bonchev–Trinajstić information content (AvgIpc) is 2.64. The third-order valence-electron chi connectivity index (χ3n) is 2.90. The second-order valence-corrected chi connectivity index (χ2v) is 4.30. The van der Waals surface area contributed by atoms with Gasteiger partial charge in [-0.2, -0.15) is 0 Å². The molecule has 0 saturated heterocycles. The zero-order valence-electron chi connectivity index (χ0n) is 9.42. The number of hydrogen-bond acceptors (Lipinski definition) is 3. The molecule has 1 aliphatic carbocycles. The summed E-state index contributed by atoms with van der Waals surface area (Å²) in [6.07, 6.45) is 4.97. The average molecular weight is 215 g/mol. The number of carbonyl (C=O) groups is 1. The van der Waals surface area contributed by atoms with Crippen LogP contribution in [0.5, 0.6) is 0 Å². The fourth-order valence-corrected chi connectivity index (χ4v) is 1.94. The van der Waals surface area contributed by atoms with E-state index >= 15 is 0 Å². The van der Waals surface area contributed by atoms with Crippen molar-refractivity contribution in [3.8, 4) is 0 Å². The van der Waals surface area contributed by atoms with Gasteiger partial charge in [0.25, 0.3) is 0 Å². The van der Waals surface area contributed by atoms with E-state index in [2.05, 4.69) is 5.32 Å². The molecule has 4 nitrogen and oxygen atoms in total. The van der Waals surface area contributed by atoms with Crippen molar-refractivity contribution in [2.75, 3.05) is 20.3 Å². The van der Waals surface area contributed by atoms with Crippen molar-refractivity contribution in [2.24, 2.45) is 0 Å². The highest BCUT2D eigenvalue weighted by molar-refractivity contribution is 5.75. The lowest BCUT2D eigenvalue weighted by Gasteiger charge is -2.22. The zero-order valence-corrected chi connectivity index (χ0v) is 9.42. The number of rotatable bonds is 6. The van der Waals surface area contributed by atoms with Gasteiger partial charge in [0.15, 0.2) is 0 Å². The number of amides is 1. The van der Waals surface area contributed by atoms with E-state index in [1.807, 2.05) is 0 Å². The quantitative estimate of drug-likeness (QED) is 0.645. The maximum Gasteiger partial charge on any atom is 0.220 e. The van der Waals surface area contributed by atoms with Crippen molar-refractivity contribution < 1.29 is 14.6 Å². The van der Waals surface area contributed by atoms with Gasteiger partial charge >= 0.3 is 0 Å². The third kappa shape index (κ3) is 4.62. The SMILES string of the molecule is COCCCC(=O)NCC1(O)CCCC1. The highest BCUT2D eigenvalue weighted by Crippen LogP contribution is 2.28. The van der Waals surface area contributed by atoms with E-state index in [0.29, 0.717) is 19.6 Å². The Bertz CT molecular complexity index is 200. The molecule has 0 radical (unpaired) electrons. The van der Waals surface area contributed by atoms with Crippen LogP contribution >= 0.6 is 0 Å². The Balaban J connectivity index is 2.10. The number of ether oxygens (including phenoxy) is 1. The molecule has 0 aromatic rings. The summed E-state index contributed by atoms with van der Waals surface area (Å²) in [6, 6.07) is 0. The second kappa shape index (κ2) is 6.08. The van der Waals surface area contributed by atoms with Gasteiger partial charge in [-0.15, -0.1) is 0 Å². The molecule has 1 amide bonds. The van der Waals surface area contributed by atoms with E-state index in [-0.39, 0.29) is 5.91 Å². The Hall–Kier alpha value is -0.610. The third-order valence-corrected chi connectivity index (χ3v) is 2.90. The van der Waals surface area contributed by atoms with Gasteiger partial charge < -0.3 is 15.2 Å². The Morgan fingerprint density at radius 2 is 2.13 bits per heavy atom. The van der Waals surface area contributed by atoms with Crippen LogP contribution in [0.3, 0.4) is 0 Å². The zero-order chi connectivity index (χ0) is 11.1. The van der Waals surface area contributed by atoms with Crippen molar-refractivity contribution in [1.82, 2.24) is 5.32 Å². The first-order valence-electron chi connectivity index (χ1n) is 5.64. The van der Waals surface area contributed by atoms with Crippen LogP contribution in [-0.2, 0) is 9.53 Å². The van der Waals surface area contributed by atoms with E-state index in [0.717, 1.165) is 32.1 Å². The number of hydrogen-bond donors (Lipinski definition) is 2. The molecule has 0 aliphatic heterocycles. The van der Waals surface area contributed by atoms with Crippen LogP contribution in [0, 0.1) is 0 Å². The summed E-state index contributed by atoms with van der Waals surface area (Å²) in [5.74, 6) is 0.00683. The van der Waals surface area contributed by atoms with E-state index in [1.54, 1.807) is 7.11 Å². The van der Waals surface area contributed by atoms with Crippen LogP contribution in [0.1, 0.15) is 38.5 Å². The first kappa shape index (κ1) is 12.5. The summed E-state index contributed by atoms with van der Waals surface area (Å²) in [6.45, 7) is 1.01. The molecular formula is C11H21NO3. The van der Waals surface area contributed by atoms with Crippen molar-refractivity contribution in [3.05, 3.63) is 0 Å². The van der Waals surface area contributed by atoms with Crippen LogP contribution in [0.25, 0.3) is 0 Å². The van der Waals surface area contributed by atoms with Crippen molar-refractivity contribution in [2.45, 2.75) is 44.1 Å². The summed E-state index contributed by atoms with van der Waals surface area (Å²) in [5, 5.41) is 12.8. The van der Waals surface area contributed by atoms with Gasteiger partial charge in [-0.1, -0.05) is 12.8 Å². The predicted octanol–water partition coefficient (Wildman–Crippen LogP) is 0.834. The minimum atomic E-state index is -0.642. The number of carbonyl (C=O) groups excluding carboxylic acids is 1. The molecule has 0 aromatic carbocycles. The minimum absolute atomic E-state index is 0.00683. The predicted molar refractivity (Wildman–Crippen MR) is 57.5 cm³/mol. The summed E-state index contributed by atoms with van der Waals surface area (Å²) in [4.78, 5) is 11.3. The van der Waals surface area contributed by atoms with E-state index in [1.165, 1.54) is 0 Å². The molecule has 0 bridgehead atoms. The largest absolute Gasteiger partial charge is 0.388 e. The first-order valence-corrected chi connectivity index (χ1v) is 5.64. The van der Waals surface area contributed by atoms with Gasteiger partial charge in [0.2, 0.25) is 5.91 Å². The summed E-state index contributed by atoms with van der Waals surface area (Å²) in [7, 11) is 1.62. The molecule has 1 rings (SSSR count). The fraction of sp³-hybridized carbons (Fsp3) is 0.909. The van der Waals surface area contributed by atoms with Gasteiger partial charge in [-0.3, -0.25) is 4.79 Å². The molecule has 88 valence electrons. The molecule has 0 aromatic heterocycles. The monoisotopic (exact) mass is 215 g/mol. The van der Waals surface area contributed by atoms with E-state index in [9.17, 15) is 9.90 Å². The summed E-state index contributed by atoms with van der Waals surface area (Å²) >= 11 is 0. The summed E-state index contributed by atoms with van der Waals surface area (Å²) < 4.78 is 4.86. The van der Waals surface area contributed by atoms with Gasteiger partial charge in [-0.25, -0.2) is 0 Å². The van der Waals surface area contributed by atoms with Crippen molar-refractivity contribution in [3.63, 3.8) is 0 Å². The van der Waals surface area contributed by atoms with Crippen molar-refractivity contribution in [1.29, 1.82) is 0 Å². The minimum Gasteiger partial charge on any atom is -0.388 e. The molecule has 1 saturated carbocycles. The van der Waals surface area contributed by atoms with Crippen LogP contribution in [-0.4, -0.2) is 36.9 Å². The lowest BCUT2D eigenvalue weighted by Crippen LogP contribution is -2.40. The standard InChI is InChI=1S/C11H21NO3/c1-15-8-4-5-10(13)12-9-11(14)6-2-3-7-11/h14H,2-9H2,1H3,(H,12,13). The molecule has 15 heavy (non-hydrogen) atoms. The van der Waals surface area contributed by atoms with Gasteiger partial charge in [0.1, 0.15) is 0 Å². The molecule has 0 heterocycles. The van der Waals surface area contributed by atoms with Crippen LogP contribution < -0.4 is 5.32 Å². The van der Waals surface area contributed by atoms with Crippen LogP contribution in [0.15, 0.2) is 0 Å². The van der Waals surface area contributed by atoms with Crippen molar-refractivity contribution >= 4 is 5.91 Å². The normalized spacial score (nSPS) is 19.1. The Kier molecular flexibility index (Phi) is 5.05. The Labute approximate surface area is 91.0 Å².